The van der Waals surface area contributed by atoms with Crippen LogP contribution < -0.4 is 19.6 Å². The Kier molecular flexibility index (Phi) is 6.41. The Balaban J connectivity index is 1.40. The molecule has 224 valence electrons. The molecule has 0 saturated heterocycles. The van der Waals surface area contributed by atoms with E-state index in [0.717, 1.165) is 30.9 Å². The Morgan fingerprint density at radius 3 is 2.16 bits per heavy atom. The predicted molar refractivity (Wildman–Crippen MR) is 185 cm³/mol. The van der Waals surface area contributed by atoms with Gasteiger partial charge in [-0.1, -0.05) is 73.7 Å². The highest BCUT2D eigenvalue weighted by molar-refractivity contribution is 5.90. The summed E-state index contributed by atoms with van der Waals surface area (Å²) in [5.41, 5.74) is 9.65. The van der Waals surface area contributed by atoms with E-state index in [4.69, 9.17) is 9.97 Å². The van der Waals surface area contributed by atoms with E-state index in [2.05, 4.69) is 144 Å². The summed E-state index contributed by atoms with van der Waals surface area (Å²) in [6.45, 7) is 8.68. The molecular weight excluding hydrogens is 552 g/mol. The molecule has 4 heterocycles. The van der Waals surface area contributed by atoms with Gasteiger partial charge in [0.1, 0.15) is 12.3 Å². The standard InChI is InChI=1S/C39H38N6/c1-5-6-15-28-21-22-32-29(25-28)26-39(3,37-42(4)35-36(45(32)37)41-24-23-40-35)38-43(30-16-8-7-9-17-30)33-19-12-13-20-34(33)44(38)31-18-11-10-14-27(31)2/h5,7-14,16-25,37-38H,1,6,15,26H2,2-4H3. The summed E-state index contributed by atoms with van der Waals surface area (Å²) in [5, 5.41) is 0. The van der Waals surface area contributed by atoms with Gasteiger partial charge in [-0.15, -0.1) is 6.58 Å². The van der Waals surface area contributed by atoms with Crippen molar-refractivity contribution in [2.24, 2.45) is 5.41 Å². The summed E-state index contributed by atoms with van der Waals surface area (Å²) in [5.74, 6) is 1.83. The van der Waals surface area contributed by atoms with E-state index >= 15 is 0 Å². The first kappa shape index (κ1) is 27.4. The fourth-order valence-electron chi connectivity index (χ4n) is 8.10. The van der Waals surface area contributed by atoms with E-state index in [0.29, 0.717) is 0 Å². The van der Waals surface area contributed by atoms with Crippen molar-refractivity contribution in [1.82, 2.24) is 9.97 Å². The summed E-state index contributed by atoms with van der Waals surface area (Å²) in [6, 6.07) is 35.5. The van der Waals surface area contributed by atoms with Gasteiger partial charge in [-0.05, 0) is 79.3 Å². The van der Waals surface area contributed by atoms with E-state index in [-0.39, 0.29) is 17.7 Å². The van der Waals surface area contributed by atoms with Gasteiger partial charge in [0.25, 0.3) is 0 Å². The van der Waals surface area contributed by atoms with Gasteiger partial charge in [-0.2, -0.15) is 0 Å². The molecule has 3 atom stereocenters. The van der Waals surface area contributed by atoms with Crippen molar-refractivity contribution < 1.29 is 0 Å². The van der Waals surface area contributed by atoms with Crippen molar-refractivity contribution >= 4 is 40.1 Å². The molecule has 0 saturated carbocycles. The van der Waals surface area contributed by atoms with E-state index < -0.39 is 0 Å². The third-order valence-electron chi connectivity index (χ3n) is 9.92. The van der Waals surface area contributed by atoms with Crippen molar-refractivity contribution in [1.29, 1.82) is 0 Å². The van der Waals surface area contributed by atoms with Crippen LogP contribution in [0, 0.1) is 12.3 Å². The molecule has 4 aromatic carbocycles. The number of aromatic nitrogens is 2. The molecule has 0 bridgehead atoms. The second-order valence-corrected chi connectivity index (χ2v) is 12.8. The molecule has 0 fully saturated rings. The average Bonchev–Trinajstić information content (AvgIpc) is 3.58. The fourth-order valence-corrected chi connectivity index (χ4v) is 8.10. The lowest BCUT2D eigenvalue weighted by atomic mass is 9.72. The molecule has 6 heteroatoms. The number of hydrogen-bond acceptors (Lipinski definition) is 6. The van der Waals surface area contributed by atoms with E-state index in [1.807, 2.05) is 18.5 Å². The number of hydrogen-bond donors (Lipinski definition) is 0. The van der Waals surface area contributed by atoms with Crippen molar-refractivity contribution in [3.63, 3.8) is 0 Å². The van der Waals surface area contributed by atoms with Gasteiger partial charge in [-0.3, -0.25) is 0 Å². The first-order valence-corrected chi connectivity index (χ1v) is 15.9. The molecule has 0 N–H and O–H groups in total. The highest BCUT2D eigenvalue weighted by atomic mass is 15.5. The Labute approximate surface area is 265 Å². The van der Waals surface area contributed by atoms with Gasteiger partial charge in [0.15, 0.2) is 11.6 Å². The summed E-state index contributed by atoms with van der Waals surface area (Å²) >= 11 is 0. The fraction of sp³-hybridized carbons (Fsp3) is 0.231. The molecule has 45 heavy (non-hydrogen) atoms. The quantitative estimate of drug-likeness (QED) is 0.184. The highest BCUT2D eigenvalue weighted by Gasteiger charge is 2.60. The van der Waals surface area contributed by atoms with Crippen LogP contribution in [0.3, 0.4) is 0 Å². The lowest BCUT2D eigenvalue weighted by Crippen LogP contribution is -2.65. The smallest absolute Gasteiger partial charge is 0.178 e. The largest absolute Gasteiger partial charge is 0.335 e. The van der Waals surface area contributed by atoms with Crippen molar-refractivity contribution in [3.05, 3.63) is 139 Å². The number of para-hydroxylation sites is 4. The minimum absolute atomic E-state index is 0.0292. The molecule has 1 aromatic heterocycles. The van der Waals surface area contributed by atoms with Gasteiger partial charge in [0, 0.05) is 36.5 Å². The summed E-state index contributed by atoms with van der Waals surface area (Å²) in [6.07, 6.45) is 8.37. The molecule has 8 rings (SSSR count). The van der Waals surface area contributed by atoms with Gasteiger partial charge in [0.2, 0.25) is 0 Å². The van der Waals surface area contributed by atoms with Crippen LogP contribution >= 0.6 is 0 Å². The van der Waals surface area contributed by atoms with Crippen LogP contribution in [-0.2, 0) is 12.8 Å². The number of anilines is 7. The number of rotatable bonds is 6. The van der Waals surface area contributed by atoms with Gasteiger partial charge < -0.3 is 19.6 Å². The van der Waals surface area contributed by atoms with Crippen LogP contribution in [-0.4, -0.2) is 29.3 Å². The number of allylic oxidation sites excluding steroid dienone is 1. The second-order valence-electron chi connectivity index (χ2n) is 12.8. The zero-order valence-corrected chi connectivity index (χ0v) is 26.1. The molecular formula is C39H38N6. The van der Waals surface area contributed by atoms with Crippen LogP contribution in [0.5, 0.6) is 0 Å². The van der Waals surface area contributed by atoms with E-state index in [1.54, 1.807) is 0 Å². The maximum Gasteiger partial charge on any atom is 0.178 e. The Bertz CT molecular complexity index is 1900. The molecule has 5 aromatic rings. The van der Waals surface area contributed by atoms with Crippen LogP contribution in [0.15, 0.2) is 122 Å². The SMILES string of the molecule is C=CCCc1ccc2c(c1)CC(C)(C1N(c3ccccc3)c3ccccc3N1c1ccccc1C)C1N(C)c3nccnc3N21. The maximum absolute atomic E-state index is 4.95. The minimum Gasteiger partial charge on any atom is -0.335 e. The van der Waals surface area contributed by atoms with Crippen LogP contribution in [0.2, 0.25) is 0 Å². The van der Waals surface area contributed by atoms with Crippen LogP contribution in [0.25, 0.3) is 0 Å². The number of aryl methyl sites for hydroxylation is 2. The molecule has 3 unspecified atom stereocenters. The number of nitrogens with zero attached hydrogens (tertiary/aromatic N) is 6. The van der Waals surface area contributed by atoms with Crippen molar-refractivity contribution in [3.8, 4) is 0 Å². The third kappa shape index (κ3) is 4.08. The van der Waals surface area contributed by atoms with E-state index in [9.17, 15) is 0 Å². The van der Waals surface area contributed by atoms with Crippen molar-refractivity contribution in [2.75, 3.05) is 26.6 Å². The normalized spacial score (nSPS) is 21.3. The molecule has 3 aliphatic heterocycles. The number of fused-ring (bicyclic) bond motifs is 6. The first-order valence-electron chi connectivity index (χ1n) is 15.9. The van der Waals surface area contributed by atoms with Crippen LogP contribution in [0.4, 0.5) is 40.1 Å². The average molecular weight is 591 g/mol. The zero-order valence-electron chi connectivity index (χ0n) is 26.1. The zero-order chi connectivity index (χ0) is 30.7. The molecule has 0 aliphatic carbocycles. The lowest BCUT2D eigenvalue weighted by Gasteiger charge is -2.55. The molecule has 0 amide bonds. The summed E-state index contributed by atoms with van der Waals surface area (Å²) < 4.78 is 0. The van der Waals surface area contributed by atoms with Gasteiger partial charge in [0.05, 0.1) is 16.8 Å². The summed E-state index contributed by atoms with van der Waals surface area (Å²) in [4.78, 5) is 19.8. The minimum atomic E-state index is -0.335. The molecule has 0 radical (unpaired) electrons. The van der Waals surface area contributed by atoms with Crippen LogP contribution in [0.1, 0.15) is 30.0 Å². The Morgan fingerprint density at radius 2 is 1.42 bits per heavy atom. The van der Waals surface area contributed by atoms with E-state index in [1.165, 1.54) is 45.1 Å². The Morgan fingerprint density at radius 1 is 0.756 bits per heavy atom. The molecule has 6 nitrogen and oxygen atoms in total. The molecule has 3 aliphatic rings. The first-order chi connectivity index (χ1) is 22.0. The topological polar surface area (TPSA) is 38.7 Å². The monoisotopic (exact) mass is 590 g/mol. The van der Waals surface area contributed by atoms with Crippen molar-refractivity contribution in [2.45, 2.75) is 45.4 Å². The number of benzene rings is 4. The predicted octanol–water partition coefficient (Wildman–Crippen LogP) is 8.70. The lowest BCUT2D eigenvalue weighted by molar-refractivity contribution is 0.195. The highest BCUT2D eigenvalue weighted by Crippen LogP contribution is 2.60. The third-order valence-corrected chi connectivity index (χ3v) is 9.92. The Hall–Kier alpha value is -5.10. The maximum atomic E-state index is 4.95. The van der Waals surface area contributed by atoms with Gasteiger partial charge in [-0.25, -0.2) is 9.97 Å². The summed E-state index contributed by atoms with van der Waals surface area (Å²) in [7, 11) is 2.19. The van der Waals surface area contributed by atoms with Gasteiger partial charge >= 0.3 is 0 Å². The molecule has 0 spiro atoms. The second kappa shape index (κ2) is 10.5.